The number of piperidine rings is 1. The number of hydrogen-bond acceptors (Lipinski definition) is 2. The van der Waals surface area contributed by atoms with Crippen molar-refractivity contribution in [2.75, 3.05) is 32.7 Å². The van der Waals surface area contributed by atoms with Crippen LogP contribution >= 0.6 is 0 Å². The van der Waals surface area contributed by atoms with Gasteiger partial charge in [0.1, 0.15) is 0 Å². The standard InChI is InChI=1S/C18H31N3O/c22-17(19-13-15-5-10-21(14-15)16-3-4-16)20-11-8-18(9-12-20)6-1-2-7-18/h15-16H,1-14H2,(H,19,22)/t15-/m1/s1. The molecule has 4 rings (SSSR count). The van der Waals surface area contributed by atoms with Crippen molar-refractivity contribution in [3.8, 4) is 0 Å². The second-order valence-corrected chi connectivity index (χ2v) is 8.26. The first kappa shape index (κ1) is 14.8. The lowest BCUT2D eigenvalue weighted by atomic mass is 9.77. The van der Waals surface area contributed by atoms with Crippen molar-refractivity contribution in [1.29, 1.82) is 0 Å². The normalized spacial score (nSPS) is 31.8. The van der Waals surface area contributed by atoms with Gasteiger partial charge in [-0.25, -0.2) is 4.79 Å². The Morgan fingerprint density at radius 2 is 1.73 bits per heavy atom. The van der Waals surface area contributed by atoms with Crippen LogP contribution in [0.1, 0.15) is 57.8 Å². The van der Waals surface area contributed by atoms with Crippen LogP contribution < -0.4 is 5.32 Å². The van der Waals surface area contributed by atoms with Gasteiger partial charge in [0, 0.05) is 32.2 Å². The van der Waals surface area contributed by atoms with E-state index in [1.807, 2.05) is 0 Å². The lowest BCUT2D eigenvalue weighted by molar-refractivity contribution is 0.120. The van der Waals surface area contributed by atoms with Crippen LogP contribution in [0, 0.1) is 11.3 Å². The number of nitrogens with one attached hydrogen (secondary N) is 1. The van der Waals surface area contributed by atoms with E-state index in [0.717, 1.165) is 25.7 Å². The zero-order chi connectivity index (χ0) is 15.0. The maximum atomic E-state index is 12.4. The first-order valence-electron chi connectivity index (χ1n) is 9.51. The average Bonchev–Trinajstić information content (AvgIpc) is 3.12. The quantitative estimate of drug-likeness (QED) is 0.870. The fourth-order valence-corrected chi connectivity index (χ4v) is 4.95. The molecule has 1 spiro atoms. The van der Waals surface area contributed by atoms with Crippen molar-refractivity contribution in [3.05, 3.63) is 0 Å². The van der Waals surface area contributed by atoms with E-state index in [-0.39, 0.29) is 6.03 Å². The highest BCUT2D eigenvalue weighted by molar-refractivity contribution is 5.74. The van der Waals surface area contributed by atoms with Gasteiger partial charge in [0.05, 0.1) is 0 Å². The second-order valence-electron chi connectivity index (χ2n) is 8.26. The van der Waals surface area contributed by atoms with Gasteiger partial charge >= 0.3 is 6.03 Å². The van der Waals surface area contributed by atoms with Crippen molar-refractivity contribution in [3.63, 3.8) is 0 Å². The molecule has 2 aliphatic heterocycles. The number of carbonyl (C=O) groups is 1. The van der Waals surface area contributed by atoms with Crippen LogP contribution in [0.4, 0.5) is 4.79 Å². The predicted octanol–water partition coefficient (Wildman–Crippen LogP) is 2.84. The van der Waals surface area contributed by atoms with Gasteiger partial charge in [-0.05, 0) is 62.8 Å². The third kappa shape index (κ3) is 3.12. The molecule has 2 amide bonds. The monoisotopic (exact) mass is 305 g/mol. The topological polar surface area (TPSA) is 35.6 Å². The molecule has 0 aromatic carbocycles. The van der Waals surface area contributed by atoms with Crippen LogP contribution in [-0.2, 0) is 0 Å². The zero-order valence-electron chi connectivity index (χ0n) is 13.9. The maximum absolute atomic E-state index is 12.4. The summed E-state index contributed by atoms with van der Waals surface area (Å²) in [5, 5.41) is 3.21. The Bertz CT molecular complexity index is 405. The second kappa shape index (κ2) is 6.03. The minimum atomic E-state index is 0.192. The first-order chi connectivity index (χ1) is 10.7. The van der Waals surface area contributed by atoms with E-state index in [2.05, 4.69) is 15.1 Å². The summed E-state index contributed by atoms with van der Waals surface area (Å²) in [4.78, 5) is 17.1. The molecular formula is C18H31N3O. The fourth-order valence-electron chi connectivity index (χ4n) is 4.95. The molecule has 2 saturated carbocycles. The molecule has 0 unspecified atom stereocenters. The Labute approximate surface area is 134 Å². The third-order valence-electron chi connectivity index (χ3n) is 6.70. The minimum Gasteiger partial charge on any atom is -0.338 e. The Morgan fingerprint density at radius 1 is 1.00 bits per heavy atom. The Morgan fingerprint density at radius 3 is 2.41 bits per heavy atom. The van der Waals surface area contributed by atoms with E-state index in [9.17, 15) is 4.79 Å². The molecule has 4 aliphatic rings. The minimum absolute atomic E-state index is 0.192. The van der Waals surface area contributed by atoms with Crippen molar-refractivity contribution < 1.29 is 4.79 Å². The predicted molar refractivity (Wildman–Crippen MR) is 87.8 cm³/mol. The summed E-state index contributed by atoms with van der Waals surface area (Å²) in [5.41, 5.74) is 0.604. The number of likely N-dealkylation sites (tertiary alicyclic amines) is 2. The van der Waals surface area contributed by atoms with Crippen molar-refractivity contribution in [2.45, 2.75) is 63.8 Å². The number of carbonyl (C=O) groups excluding carboxylic acids is 1. The Balaban J connectivity index is 1.18. The van der Waals surface area contributed by atoms with Gasteiger partial charge in [0.2, 0.25) is 0 Å². The molecule has 0 aromatic heterocycles. The fraction of sp³-hybridized carbons (Fsp3) is 0.944. The Kier molecular flexibility index (Phi) is 4.05. The number of urea groups is 1. The molecule has 4 heteroatoms. The summed E-state index contributed by atoms with van der Waals surface area (Å²) < 4.78 is 0. The first-order valence-corrected chi connectivity index (χ1v) is 9.51. The molecule has 4 fully saturated rings. The summed E-state index contributed by atoms with van der Waals surface area (Å²) in [7, 11) is 0. The van der Waals surface area contributed by atoms with Crippen LogP contribution in [0.5, 0.6) is 0 Å². The molecule has 2 heterocycles. The van der Waals surface area contributed by atoms with Crippen molar-refractivity contribution in [2.24, 2.45) is 11.3 Å². The summed E-state index contributed by atoms with van der Waals surface area (Å²) in [6, 6.07) is 1.07. The number of rotatable bonds is 3. The summed E-state index contributed by atoms with van der Waals surface area (Å²) >= 11 is 0. The highest BCUT2D eigenvalue weighted by Gasteiger charge is 2.38. The number of nitrogens with zero attached hydrogens (tertiary/aromatic N) is 2. The van der Waals surface area contributed by atoms with Gasteiger partial charge < -0.3 is 15.1 Å². The maximum Gasteiger partial charge on any atom is 0.317 e. The molecule has 1 atom stereocenters. The van der Waals surface area contributed by atoms with Crippen LogP contribution in [0.25, 0.3) is 0 Å². The van der Waals surface area contributed by atoms with Crippen LogP contribution in [0.15, 0.2) is 0 Å². The molecule has 124 valence electrons. The lowest BCUT2D eigenvalue weighted by Gasteiger charge is -2.39. The number of hydrogen-bond donors (Lipinski definition) is 1. The van der Waals surface area contributed by atoms with Crippen LogP contribution in [0.3, 0.4) is 0 Å². The lowest BCUT2D eigenvalue weighted by Crippen LogP contribution is -2.47. The largest absolute Gasteiger partial charge is 0.338 e. The smallest absolute Gasteiger partial charge is 0.317 e. The SMILES string of the molecule is O=C(NC[C@H]1CCN(C2CC2)C1)N1CCC2(CCCC2)CC1. The van der Waals surface area contributed by atoms with Gasteiger partial charge in [-0.15, -0.1) is 0 Å². The molecule has 0 bridgehead atoms. The summed E-state index contributed by atoms with van der Waals surface area (Å²) in [6.45, 7) is 5.28. The van der Waals surface area contributed by atoms with Crippen LogP contribution in [-0.4, -0.2) is 54.6 Å². The van der Waals surface area contributed by atoms with Gasteiger partial charge in [0.25, 0.3) is 0 Å². The molecule has 2 aliphatic carbocycles. The van der Waals surface area contributed by atoms with E-state index < -0.39 is 0 Å². The molecule has 2 saturated heterocycles. The third-order valence-corrected chi connectivity index (χ3v) is 6.70. The van der Waals surface area contributed by atoms with E-state index in [1.54, 1.807) is 0 Å². The zero-order valence-corrected chi connectivity index (χ0v) is 13.9. The number of amides is 2. The highest BCUT2D eigenvalue weighted by atomic mass is 16.2. The molecule has 4 nitrogen and oxygen atoms in total. The average molecular weight is 305 g/mol. The van der Waals surface area contributed by atoms with E-state index in [0.29, 0.717) is 11.3 Å². The molecule has 0 radical (unpaired) electrons. The summed E-state index contributed by atoms with van der Waals surface area (Å²) in [5.74, 6) is 0.676. The van der Waals surface area contributed by atoms with E-state index >= 15 is 0 Å². The van der Waals surface area contributed by atoms with Gasteiger partial charge in [-0.2, -0.15) is 0 Å². The van der Waals surface area contributed by atoms with E-state index in [4.69, 9.17) is 0 Å². The van der Waals surface area contributed by atoms with Crippen molar-refractivity contribution in [1.82, 2.24) is 15.1 Å². The van der Waals surface area contributed by atoms with Crippen LogP contribution in [0.2, 0.25) is 0 Å². The molecular weight excluding hydrogens is 274 g/mol. The van der Waals surface area contributed by atoms with Gasteiger partial charge in [-0.1, -0.05) is 12.8 Å². The molecule has 1 N–H and O–H groups in total. The highest BCUT2D eigenvalue weighted by Crippen LogP contribution is 2.46. The van der Waals surface area contributed by atoms with Gasteiger partial charge in [0.15, 0.2) is 0 Å². The van der Waals surface area contributed by atoms with Gasteiger partial charge in [-0.3, -0.25) is 0 Å². The Hall–Kier alpha value is -0.770. The van der Waals surface area contributed by atoms with E-state index in [1.165, 1.54) is 70.9 Å². The van der Waals surface area contributed by atoms with Crippen molar-refractivity contribution >= 4 is 6.03 Å². The molecule has 0 aromatic rings. The molecule has 22 heavy (non-hydrogen) atoms. The summed E-state index contributed by atoms with van der Waals surface area (Å²) in [6.07, 6.45) is 12.2.